The van der Waals surface area contributed by atoms with E-state index in [4.69, 9.17) is 20.9 Å². The number of nitrogens with zero attached hydrogens (tertiary/aromatic N) is 3. The average molecular weight is 449 g/mol. The number of anilines is 1. The minimum atomic E-state index is -0.754. The van der Waals surface area contributed by atoms with Crippen LogP contribution in [-0.2, 0) is 20.7 Å². The number of carbonyl (C=O) groups is 2. The first-order valence-corrected chi connectivity index (χ1v) is 9.17. The first kappa shape index (κ1) is 21.8. The van der Waals surface area contributed by atoms with Crippen LogP contribution in [-0.4, -0.2) is 33.5 Å². The lowest BCUT2D eigenvalue weighted by Crippen LogP contribution is -2.21. The van der Waals surface area contributed by atoms with Crippen molar-refractivity contribution in [3.05, 3.63) is 69.3 Å². The maximum atomic E-state index is 13.0. The van der Waals surface area contributed by atoms with Crippen molar-refractivity contribution in [2.45, 2.75) is 12.8 Å². The molecular weight excluding hydrogens is 435 g/mol. The molecule has 0 unspecified atom stereocenters. The summed E-state index contributed by atoms with van der Waals surface area (Å²) in [6.45, 7) is -0.636. The molecule has 3 rings (SSSR count). The Hall–Kier alpha value is -3.86. The zero-order valence-electron chi connectivity index (χ0n) is 15.7. The molecule has 0 radical (unpaired) electrons. The molecule has 1 heterocycles. The second-order valence-electron chi connectivity index (χ2n) is 6.15. The molecule has 1 amide bonds. The maximum Gasteiger partial charge on any atom is 0.306 e. The zero-order chi connectivity index (χ0) is 22.4. The second kappa shape index (κ2) is 9.76. The lowest BCUT2D eigenvalue weighted by molar-refractivity contribution is -0.383. The third-order valence-electron chi connectivity index (χ3n) is 3.91. The van der Waals surface area contributed by atoms with Crippen LogP contribution in [0.25, 0.3) is 11.4 Å². The standard InChI is InChI=1S/C19H14ClFN4O6/c20-12-3-6-14(15(9-12)25(28)29)22-16(26)10-30-18(27)8-7-17-23-19(24-31-17)11-1-4-13(21)5-2-11/h1-6,9H,7-8,10H2,(H,22,26). The number of hydrogen-bond acceptors (Lipinski definition) is 8. The molecule has 12 heteroatoms. The molecule has 0 saturated heterocycles. The summed E-state index contributed by atoms with van der Waals surface area (Å²) in [4.78, 5) is 38.2. The van der Waals surface area contributed by atoms with Crippen LogP contribution in [0.2, 0.25) is 5.02 Å². The van der Waals surface area contributed by atoms with Crippen molar-refractivity contribution in [2.75, 3.05) is 11.9 Å². The third-order valence-corrected chi connectivity index (χ3v) is 4.14. The molecule has 160 valence electrons. The van der Waals surface area contributed by atoms with Gasteiger partial charge in [-0.25, -0.2) is 4.39 Å². The number of benzene rings is 2. The summed E-state index contributed by atoms with van der Waals surface area (Å²) in [5.41, 5.74) is 0.0853. The largest absolute Gasteiger partial charge is 0.456 e. The molecule has 31 heavy (non-hydrogen) atoms. The smallest absolute Gasteiger partial charge is 0.306 e. The van der Waals surface area contributed by atoms with Crippen LogP contribution < -0.4 is 5.32 Å². The van der Waals surface area contributed by atoms with Gasteiger partial charge in [0, 0.05) is 23.1 Å². The predicted molar refractivity (Wildman–Crippen MR) is 106 cm³/mol. The summed E-state index contributed by atoms with van der Waals surface area (Å²) in [7, 11) is 0. The Balaban J connectivity index is 1.47. The van der Waals surface area contributed by atoms with Crippen LogP contribution in [0.15, 0.2) is 47.0 Å². The number of rotatable bonds is 8. The fourth-order valence-corrected chi connectivity index (χ4v) is 2.61. The first-order chi connectivity index (χ1) is 14.8. The highest BCUT2D eigenvalue weighted by molar-refractivity contribution is 6.31. The van der Waals surface area contributed by atoms with E-state index < -0.39 is 29.2 Å². The van der Waals surface area contributed by atoms with Gasteiger partial charge in [0.05, 0.1) is 11.3 Å². The minimum Gasteiger partial charge on any atom is -0.456 e. The van der Waals surface area contributed by atoms with E-state index in [1.165, 1.54) is 36.4 Å². The fraction of sp³-hybridized carbons (Fsp3) is 0.158. The van der Waals surface area contributed by atoms with Crippen LogP contribution in [0.1, 0.15) is 12.3 Å². The van der Waals surface area contributed by atoms with Crippen LogP contribution >= 0.6 is 11.6 Å². The van der Waals surface area contributed by atoms with E-state index in [2.05, 4.69) is 15.5 Å². The third kappa shape index (κ3) is 6.06. The molecule has 3 aromatic rings. The molecule has 0 atom stereocenters. The summed E-state index contributed by atoms with van der Waals surface area (Å²) >= 11 is 5.71. The molecule has 2 aromatic carbocycles. The van der Waals surface area contributed by atoms with Gasteiger partial charge < -0.3 is 14.6 Å². The van der Waals surface area contributed by atoms with E-state index in [0.717, 1.165) is 6.07 Å². The van der Waals surface area contributed by atoms with Crippen molar-refractivity contribution < 1.29 is 28.2 Å². The zero-order valence-corrected chi connectivity index (χ0v) is 16.5. The number of esters is 1. The van der Waals surface area contributed by atoms with Crippen LogP contribution in [0.3, 0.4) is 0 Å². The Morgan fingerprint density at radius 1 is 1.23 bits per heavy atom. The van der Waals surface area contributed by atoms with Gasteiger partial charge in [-0.05, 0) is 36.4 Å². The van der Waals surface area contributed by atoms with E-state index in [0.29, 0.717) is 5.56 Å². The van der Waals surface area contributed by atoms with Gasteiger partial charge in [-0.15, -0.1) is 0 Å². The number of nitro benzene ring substituents is 1. The van der Waals surface area contributed by atoms with Crippen molar-refractivity contribution in [1.29, 1.82) is 0 Å². The quantitative estimate of drug-likeness (QED) is 0.313. The van der Waals surface area contributed by atoms with Gasteiger partial charge >= 0.3 is 5.97 Å². The fourth-order valence-electron chi connectivity index (χ4n) is 2.45. The molecule has 10 nitrogen and oxygen atoms in total. The Labute approximate surface area is 179 Å². The SMILES string of the molecule is O=C(COC(=O)CCc1nc(-c2ccc(F)cc2)no1)Nc1ccc(Cl)cc1[N+](=O)[O-]. The molecular formula is C19H14ClFN4O6. The summed E-state index contributed by atoms with van der Waals surface area (Å²) in [5, 5.41) is 17.2. The van der Waals surface area contributed by atoms with Crippen molar-refractivity contribution in [1.82, 2.24) is 10.1 Å². The first-order valence-electron chi connectivity index (χ1n) is 8.80. The number of ether oxygens (including phenoxy) is 1. The summed E-state index contributed by atoms with van der Waals surface area (Å²) in [6.07, 6.45) is -0.0727. The molecule has 0 aliphatic carbocycles. The average Bonchev–Trinajstić information content (AvgIpc) is 3.21. The van der Waals surface area contributed by atoms with Gasteiger partial charge in [-0.1, -0.05) is 16.8 Å². The number of hydrogen-bond donors (Lipinski definition) is 1. The summed E-state index contributed by atoms with van der Waals surface area (Å²) in [6, 6.07) is 9.23. The molecule has 1 aromatic heterocycles. The monoisotopic (exact) mass is 448 g/mol. The second-order valence-corrected chi connectivity index (χ2v) is 6.58. The van der Waals surface area contributed by atoms with Gasteiger partial charge in [0.1, 0.15) is 11.5 Å². The molecule has 0 fully saturated rings. The highest BCUT2D eigenvalue weighted by atomic mass is 35.5. The van der Waals surface area contributed by atoms with Gasteiger partial charge in [0.15, 0.2) is 6.61 Å². The van der Waals surface area contributed by atoms with E-state index in [-0.39, 0.29) is 41.0 Å². The van der Waals surface area contributed by atoms with E-state index in [1.807, 2.05) is 0 Å². The Morgan fingerprint density at radius 3 is 2.68 bits per heavy atom. The van der Waals surface area contributed by atoms with Crippen molar-refractivity contribution in [2.24, 2.45) is 0 Å². The Kier molecular flexibility index (Phi) is 6.88. The number of amides is 1. The molecule has 0 saturated carbocycles. The van der Waals surface area contributed by atoms with Crippen molar-refractivity contribution >= 4 is 34.9 Å². The number of halogens is 2. The number of aryl methyl sites for hydroxylation is 1. The maximum absolute atomic E-state index is 13.0. The van der Waals surface area contributed by atoms with Gasteiger partial charge in [0.25, 0.3) is 11.6 Å². The molecule has 0 aliphatic rings. The minimum absolute atomic E-state index is 0.0668. The molecule has 0 bridgehead atoms. The highest BCUT2D eigenvalue weighted by Crippen LogP contribution is 2.27. The molecule has 1 N–H and O–H groups in total. The van der Waals surface area contributed by atoms with Crippen LogP contribution in [0.4, 0.5) is 15.8 Å². The Bertz CT molecular complexity index is 1120. The van der Waals surface area contributed by atoms with E-state index in [1.54, 1.807) is 0 Å². The number of nitro groups is 1. The normalized spacial score (nSPS) is 10.5. The lowest BCUT2D eigenvalue weighted by atomic mass is 10.2. The van der Waals surface area contributed by atoms with E-state index >= 15 is 0 Å². The molecule has 0 aliphatic heterocycles. The molecule has 0 spiro atoms. The van der Waals surface area contributed by atoms with Crippen molar-refractivity contribution in [3.63, 3.8) is 0 Å². The van der Waals surface area contributed by atoms with Crippen LogP contribution in [0.5, 0.6) is 0 Å². The van der Waals surface area contributed by atoms with Gasteiger partial charge in [-0.2, -0.15) is 4.98 Å². The van der Waals surface area contributed by atoms with Gasteiger partial charge in [0.2, 0.25) is 11.7 Å². The topological polar surface area (TPSA) is 137 Å². The van der Waals surface area contributed by atoms with Gasteiger partial charge in [-0.3, -0.25) is 19.7 Å². The summed E-state index contributed by atoms with van der Waals surface area (Å²) < 4.78 is 22.8. The van der Waals surface area contributed by atoms with Crippen molar-refractivity contribution in [3.8, 4) is 11.4 Å². The lowest BCUT2D eigenvalue weighted by Gasteiger charge is -2.07. The van der Waals surface area contributed by atoms with Crippen LogP contribution in [0, 0.1) is 15.9 Å². The number of aromatic nitrogens is 2. The van der Waals surface area contributed by atoms with E-state index in [9.17, 15) is 24.1 Å². The number of carbonyl (C=O) groups excluding carboxylic acids is 2. The summed E-state index contributed by atoms with van der Waals surface area (Å²) in [5.74, 6) is -1.45. The predicted octanol–water partition coefficient (Wildman–Crippen LogP) is 3.55. The Morgan fingerprint density at radius 2 is 1.97 bits per heavy atom. The highest BCUT2D eigenvalue weighted by Gasteiger charge is 2.18. The number of nitrogens with one attached hydrogen (secondary N) is 1.